The van der Waals surface area contributed by atoms with Gasteiger partial charge in [-0.25, -0.2) is 0 Å². The summed E-state index contributed by atoms with van der Waals surface area (Å²) >= 11 is 1.58. The van der Waals surface area contributed by atoms with Crippen LogP contribution in [-0.2, 0) is 0 Å². The van der Waals surface area contributed by atoms with Crippen molar-refractivity contribution in [1.82, 2.24) is 0 Å². The molecule has 11 heavy (non-hydrogen) atoms. The molecule has 0 saturated heterocycles. The van der Waals surface area contributed by atoms with Gasteiger partial charge in [0.25, 0.3) is 0 Å². The minimum atomic E-state index is 0.112. The first-order valence-corrected chi connectivity index (χ1v) is 4.36. The number of phenolic OH excluding ortho intramolecular Hbond substituents is 2. The molecular formula is C8H10O2S. The molecule has 3 heteroatoms. The molecule has 0 bridgehead atoms. The fraction of sp³-hybridized carbons (Fsp3) is 0.250. The molecule has 60 valence electrons. The Morgan fingerprint density at radius 2 is 1.73 bits per heavy atom. The van der Waals surface area contributed by atoms with Crippen molar-refractivity contribution in [2.75, 3.05) is 5.75 Å². The number of benzene rings is 1. The summed E-state index contributed by atoms with van der Waals surface area (Å²) in [6.45, 7) is 2.02. The van der Waals surface area contributed by atoms with Crippen LogP contribution in [0.3, 0.4) is 0 Å². The van der Waals surface area contributed by atoms with Gasteiger partial charge in [0.05, 0.1) is 0 Å². The molecule has 0 spiro atoms. The van der Waals surface area contributed by atoms with Crippen LogP contribution in [-0.4, -0.2) is 16.0 Å². The van der Waals surface area contributed by atoms with Crippen LogP contribution in [0.1, 0.15) is 6.92 Å². The van der Waals surface area contributed by atoms with Gasteiger partial charge >= 0.3 is 0 Å². The van der Waals surface area contributed by atoms with E-state index in [4.69, 9.17) is 10.2 Å². The SMILES string of the molecule is CCSc1cc(O)cc(O)c1. The van der Waals surface area contributed by atoms with Crippen molar-refractivity contribution in [2.45, 2.75) is 11.8 Å². The zero-order valence-electron chi connectivity index (χ0n) is 6.24. The van der Waals surface area contributed by atoms with E-state index in [-0.39, 0.29) is 11.5 Å². The molecule has 0 unspecified atom stereocenters. The summed E-state index contributed by atoms with van der Waals surface area (Å²) < 4.78 is 0. The van der Waals surface area contributed by atoms with Gasteiger partial charge in [-0.15, -0.1) is 11.8 Å². The summed E-state index contributed by atoms with van der Waals surface area (Å²) in [5.41, 5.74) is 0. The second kappa shape index (κ2) is 3.53. The van der Waals surface area contributed by atoms with E-state index < -0.39 is 0 Å². The third-order valence-corrected chi connectivity index (χ3v) is 2.04. The van der Waals surface area contributed by atoms with Crippen LogP contribution >= 0.6 is 11.8 Å². The predicted molar refractivity (Wildman–Crippen MR) is 46.2 cm³/mol. The van der Waals surface area contributed by atoms with Gasteiger partial charge in [-0.1, -0.05) is 6.92 Å². The molecule has 0 heterocycles. The van der Waals surface area contributed by atoms with Crippen molar-refractivity contribution in [3.05, 3.63) is 18.2 Å². The minimum Gasteiger partial charge on any atom is -0.508 e. The molecule has 0 aromatic heterocycles. The molecule has 2 N–H and O–H groups in total. The van der Waals surface area contributed by atoms with Gasteiger partial charge in [0.15, 0.2) is 0 Å². The van der Waals surface area contributed by atoms with Gasteiger partial charge in [-0.2, -0.15) is 0 Å². The number of rotatable bonds is 2. The number of hydrogen-bond donors (Lipinski definition) is 2. The number of phenols is 2. The van der Waals surface area contributed by atoms with Gasteiger partial charge in [-0.3, -0.25) is 0 Å². The summed E-state index contributed by atoms with van der Waals surface area (Å²) in [5, 5.41) is 18.1. The van der Waals surface area contributed by atoms with Gasteiger partial charge < -0.3 is 10.2 Å². The van der Waals surface area contributed by atoms with Crippen molar-refractivity contribution in [3.63, 3.8) is 0 Å². The van der Waals surface area contributed by atoms with E-state index in [1.807, 2.05) is 6.92 Å². The summed E-state index contributed by atoms with van der Waals surface area (Å²) in [4.78, 5) is 0.894. The van der Waals surface area contributed by atoms with Crippen LogP contribution in [0.5, 0.6) is 11.5 Å². The minimum absolute atomic E-state index is 0.112. The Morgan fingerprint density at radius 3 is 2.18 bits per heavy atom. The largest absolute Gasteiger partial charge is 0.508 e. The Kier molecular flexibility index (Phi) is 2.65. The van der Waals surface area contributed by atoms with Crippen molar-refractivity contribution in [3.8, 4) is 11.5 Å². The van der Waals surface area contributed by atoms with Crippen LogP contribution in [0, 0.1) is 0 Å². The first-order chi connectivity index (χ1) is 5.22. The topological polar surface area (TPSA) is 40.5 Å². The van der Waals surface area contributed by atoms with E-state index in [9.17, 15) is 0 Å². The summed E-state index contributed by atoms with van der Waals surface area (Å²) in [5.74, 6) is 1.16. The number of hydrogen-bond acceptors (Lipinski definition) is 3. The summed E-state index contributed by atoms with van der Waals surface area (Å²) in [6.07, 6.45) is 0. The first kappa shape index (κ1) is 8.27. The normalized spacial score (nSPS) is 9.91. The average molecular weight is 170 g/mol. The van der Waals surface area contributed by atoms with Gasteiger partial charge in [0.2, 0.25) is 0 Å². The molecule has 0 fully saturated rings. The highest BCUT2D eigenvalue weighted by Gasteiger charge is 1.97. The molecule has 1 aromatic rings. The fourth-order valence-electron chi connectivity index (χ4n) is 0.818. The van der Waals surface area contributed by atoms with Gasteiger partial charge in [-0.05, 0) is 17.9 Å². The van der Waals surface area contributed by atoms with Gasteiger partial charge in [0, 0.05) is 11.0 Å². The first-order valence-electron chi connectivity index (χ1n) is 3.38. The maximum atomic E-state index is 9.05. The molecule has 0 aliphatic rings. The van der Waals surface area contributed by atoms with Crippen LogP contribution in [0.4, 0.5) is 0 Å². The molecular weight excluding hydrogens is 160 g/mol. The van der Waals surface area contributed by atoms with Gasteiger partial charge in [0.1, 0.15) is 11.5 Å². The lowest BCUT2D eigenvalue weighted by molar-refractivity contribution is 0.448. The Labute approximate surface area is 69.9 Å². The smallest absolute Gasteiger partial charge is 0.120 e. The van der Waals surface area contributed by atoms with Crippen molar-refractivity contribution >= 4 is 11.8 Å². The zero-order chi connectivity index (χ0) is 8.27. The Balaban J connectivity index is 2.89. The van der Waals surface area contributed by atoms with Crippen LogP contribution in [0.25, 0.3) is 0 Å². The summed E-state index contributed by atoms with van der Waals surface area (Å²) in [6, 6.07) is 4.58. The Morgan fingerprint density at radius 1 is 1.18 bits per heavy atom. The standard InChI is InChI=1S/C8H10O2S/c1-2-11-8-4-6(9)3-7(10)5-8/h3-5,9-10H,2H2,1H3. The molecule has 0 radical (unpaired) electrons. The molecule has 0 saturated carbocycles. The van der Waals surface area contributed by atoms with E-state index in [1.165, 1.54) is 6.07 Å². The van der Waals surface area contributed by atoms with Crippen molar-refractivity contribution in [2.24, 2.45) is 0 Å². The Hall–Kier alpha value is -0.830. The summed E-state index contributed by atoms with van der Waals surface area (Å²) in [7, 11) is 0. The second-order valence-electron chi connectivity index (χ2n) is 2.12. The second-order valence-corrected chi connectivity index (χ2v) is 3.46. The maximum Gasteiger partial charge on any atom is 0.120 e. The van der Waals surface area contributed by atoms with Crippen molar-refractivity contribution in [1.29, 1.82) is 0 Å². The number of aromatic hydroxyl groups is 2. The highest BCUT2D eigenvalue weighted by molar-refractivity contribution is 7.99. The highest BCUT2D eigenvalue weighted by atomic mass is 32.2. The van der Waals surface area contributed by atoms with Crippen LogP contribution in [0.2, 0.25) is 0 Å². The third kappa shape index (κ3) is 2.35. The lowest BCUT2D eigenvalue weighted by atomic mass is 10.3. The molecule has 0 aliphatic carbocycles. The molecule has 0 atom stereocenters. The van der Waals surface area contributed by atoms with E-state index >= 15 is 0 Å². The highest BCUT2D eigenvalue weighted by Crippen LogP contribution is 2.27. The lowest BCUT2D eigenvalue weighted by Crippen LogP contribution is -1.73. The average Bonchev–Trinajstić information content (AvgIpc) is 1.85. The molecule has 0 amide bonds. The lowest BCUT2D eigenvalue weighted by Gasteiger charge is -1.99. The molecule has 0 aliphatic heterocycles. The van der Waals surface area contributed by atoms with E-state index in [1.54, 1.807) is 23.9 Å². The maximum absolute atomic E-state index is 9.05. The van der Waals surface area contributed by atoms with Crippen LogP contribution in [0.15, 0.2) is 23.1 Å². The van der Waals surface area contributed by atoms with E-state index in [0.29, 0.717) is 0 Å². The zero-order valence-corrected chi connectivity index (χ0v) is 7.06. The third-order valence-electron chi connectivity index (χ3n) is 1.19. The van der Waals surface area contributed by atoms with Crippen molar-refractivity contribution < 1.29 is 10.2 Å². The fourth-order valence-corrected chi connectivity index (χ4v) is 1.56. The molecule has 1 aromatic carbocycles. The monoisotopic (exact) mass is 170 g/mol. The van der Waals surface area contributed by atoms with Crippen LogP contribution < -0.4 is 0 Å². The van der Waals surface area contributed by atoms with E-state index in [2.05, 4.69) is 0 Å². The molecule has 1 rings (SSSR count). The Bertz CT molecular complexity index is 228. The van der Waals surface area contributed by atoms with E-state index in [0.717, 1.165) is 10.6 Å². The quantitative estimate of drug-likeness (QED) is 0.668. The molecule has 2 nitrogen and oxygen atoms in total. The number of thioether (sulfide) groups is 1. The predicted octanol–water partition coefficient (Wildman–Crippen LogP) is 2.21.